The van der Waals surface area contributed by atoms with Crippen LogP contribution in [0.3, 0.4) is 0 Å². The van der Waals surface area contributed by atoms with Crippen molar-refractivity contribution in [2.24, 2.45) is 0 Å². The zero-order valence-corrected chi connectivity index (χ0v) is 16.2. The molecule has 0 amide bonds. The molecule has 0 bridgehead atoms. The van der Waals surface area contributed by atoms with Crippen LogP contribution >= 0.6 is 0 Å². The molecule has 124 valence electrons. The topological polar surface area (TPSA) is 12.9 Å². The van der Waals surface area contributed by atoms with Gasteiger partial charge < -0.3 is 0 Å². The lowest BCUT2D eigenvalue weighted by atomic mass is 9.90. The molecule has 0 spiro atoms. The van der Waals surface area contributed by atoms with Crippen molar-refractivity contribution < 1.29 is 0 Å². The zero-order chi connectivity index (χ0) is 17.8. The average Bonchev–Trinajstić information content (AvgIpc) is 2.53. The molecule has 1 heterocycles. The lowest BCUT2D eigenvalue weighted by Gasteiger charge is -2.18. The Morgan fingerprint density at radius 2 is 1.12 bits per heavy atom. The molecule has 1 heteroatoms. The van der Waals surface area contributed by atoms with E-state index in [-0.39, 0.29) is 0 Å². The minimum atomic E-state index is 1.12. The Balaban J connectivity index is 2.48. The molecule has 3 rings (SSSR count). The molecule has 1 nitrogen and oxygen atoms in total. The van der Waals surface area contributed by atoms with E-state index in [1.54, 1.807) is 0 Å². The van der Waals surface area contributed by atoms with Crippen LogP contribution in [-0.4, -0.2) is 4.98 Å². The van der Waals surface area contributed by atoms with Gasteiger partial charge in [0.2, 0.25) is 0 Å². The van der Waals surface area contributed by atoms with Crippen LogP contribution in [0.2, 0.25) is 0 Å². The van der Waals surface area contributed by atoms with Gasteiger partial charge in [-0.2, -0.15) is 0 Å². The lowest BCUT2D eigenvalue weighted by molar-refractivity contribution is 1.16. The van der Waals surface area contributed by atoms with Gasteiger partial charge in [0.25, 0.3) is 0 Å². The van der Waals surface area contributed by atoms with Gasteiger partial charge in [-0.25, -0.2) is 0 Å². The molecule has 0 N–H and O–H groups in total. The summed E-state index contributed by atoms with van der Waals surface area (Å²) in [6.07, 6.45) is 0. The normalized spacial score (nSPS) is 11.3. The van der Waals surface area contributed by atoms with E-state index in [1.807, 2.05) is 0 Å². The zero-order valence-electron chi connectivity index (χ0n) is 16.2. The molecule has 0 fully saturated rings. The van der Waals surface area contributed by atoms with E-state index in [0.717, 1.165) is 11.4 Å². The molecular weight excluding hydrogens is 290 g/mol. The highest BCUT2D eigenvalue weighted by molar-refractivity contribution is 6.00. The molecule has 0 radical (unpaired) electrons. The molecular formula is C23H27N. The van der Waals surface area contributed by atoms with Gasteiger partial charge in [-0.3, -0.25) is 4.98 Å². The third-order valence-corrected chi connectivity index (χ3v) is 5.81. The number of rotatable bonds is 1. The number of aromatic nitrogens is 1. The highest BCUT2D eigenvalue weighted by Gasteiger charge is 2.15. The molecule has 0 atom stereocenters. The fourth-order valence-electron chi connectivity index (χ4n) is 3.64. The van der Waals surface area contributed by atoms with Crippen LogP contribution in [0.1, 0.15) is 44.6 Å². The molecule has 0 aliphatic heterocycles. The van der Waals surface area contributed by atoms with Crippen LogP contribution in [0.5, 0.6) is 0 Å². The van der Waals surface area contributed by atoms with Crippen LogP contribution in [0.25, 0.3) is 22.0 Å². The Bertz CT molecular complexity index is 954. The average molecular weight is 317 g/mol. The Hall–Kier alpha value is -2.15. The highest BCUT2D eigenvalue weighted by atomic mass is 14.7. The van der Waals surface area contributed by atoms with Crippen molar-refractivity contribution in [2.45, 2.75) is 55.4 Å². The molecule has 0 unspecified atom stereocenters. The van der Waals surface area contributed by atoms with Gasteiger partial charge in [0.05, 0.1) is 5.69 Å². The second kappa shape index (κ2) is 5.73. The summed E-state index contributed by atoms with van der Waals surface area (Å²) in [6, 6.07) is 6.88. The van der Waals surface area contributed by atoms with Crippen molar-refractivity contribution in [1.82, 2.24) is 4.98 Å². The SMILES string of the molecule is Cc1cc(-c2nc(C)c(C)c3c(C)c(C)c(C)cc23)cc(C)c1C. The Morgan fingerprint density at radius 1 is 0.583 bits per heavy atom. The number of hydrogen-bond acceptors (Lipinski definition) is 1. The second-order valence-electron chi connectivity index (χ2n) is 7.27. The van der Waals surface area contributed by atoms with Crippen molar-refractivity contribution in [2.75, 3.05) is 0 Å². The quantitative estimate of drug-likeness (QED) is 0.508. The minimum Gasteiger partial charge on any atom is -0.252 e. The summed E-state index contributed by atoms with van der Waals surface area (Å²) >= 11 is 0. The number of hydrogen-bond donors (Lipinski definition) is 0. The molecule has 2 aromatic carbocycles. The van der Waals surface area contributed by atoms with Gasteiger partial charge in [0, 0.05) is 16.6 Å². The maximum Gasteiger partial charge on any atom is 0.0784 e. The number of benzene rings is 2. The minimum absolute atomic E-state index is 1.12. The van der Waals surface area contributed by atoms with E-state index in [9.17, 15) is 0 Å². The van der Waals surface area contributed by atoms with Crippen LogP contribution in [0, 0.1) is 55.4 Å². The number of pyridine rings is 1. The summed E-state index contributed by atoms with van der Waals surface area (Å²) in [5.41, 5.74) is 12.9. The Morgan fingerprint density at radius 3 is 1.71 bits per heavy atom. The highest BCUT2D eigenvalue weighted by Crippen LogP contribution is 2.36. The number of nitrogens with zero attached hydrogens (tertiary/aromatic N) is 1. The summed E-state index contributed by atoms with van der Waals surface area (Å²) in [7, 11) is 0. The van der Waals surface area contributed by atoms with Gasteiger partial charge in [0.1, 0.15) is 0 Å². The van der Waals surface area contributed by atoms with Crippen LogP contribution in [0.15, 0.2) is 18.2 Å². The van der Waals surface area contributed by atoms with Crippen molar-refractivity contribution in [3.8, 4) is 11.3 Å². The second-order valence-corrected chi connectivity index (χ2v) is 7.27. The van der Waals surface area contributed by atoms with Crippen LogP contribution in [-0.2, 0) is 0 Å². The van der Waals surface area contributed by atoms with Crippen molar-refractivity contribution >= 4 is 10.8 Å². The van der Waals surface area contributed by atoms with E-state index < -0.39 is 0 Å². The predicted octanol–water partition coefficient (Wildman–Crippen LogP) is 6.37. The third-order valence-electron chi connectivity index (χ3n) is 5.81. The maximum atomic E-state index is 4.99. The first-order chi connectivity index (χ1) is 11.2. The first-order valence-corrected chi connectivity index (χ1v) is 8.68. The van der Waals surface area contributed by atoms with Gasteiger partial charge in [-0.1, -0.05) is 0 Å². The molecule has 0 saturated carbocycles. The summed E-state index contributed by atoms with van der Waals surface area (Å²) in [6.45, 7) is 17.6. The summed E-state index contributed by atoms with van der Waals surface area (Å²) in [5, 5.41) is 2.65. The van der Waals surface area contributed by atoms with Gasteiger partial charge in [-0.05, 0) is 118 Å². The smallest absolute Gasteiger partial charge is 0.0784 e. The van der Waals surface area contributed by atoms with Crippen LogP contribution in [0.4, 0.5) is 0 Å². The predicted molar refractivity (Wildman–Crippen MR) is 105 cm³/mol. The standard InChI is InChI=1S/C23H27N/c1-12-9-20(10-13(2)15(12)4)23-21-11-14(3)16(5)17(6)22(21)18(7)19(8)24-23/h9-11H,1-8H3. The van der Waals surface area contributed by atoms with E-state index in [2.05, 4.69) is 73.6 Å². The summed E-state index contributed by atoms with van der Waals surface area (Å²) < 4.78 is 0. The van der Waals surface area contributed by atoms with Gasteiger partial charge >= 0.3 is 0 Å². The van der Waals surface area contributed by atoms with E-state index in [0.29, 0.717) is 0 Å². The summed E-state index contributed by atoms with van der Waals surface area (Å²) in [5.74, 6) is 0. The molecule has 0 aliphatic rings. The molecule has 0 saturated heterocycles. The van der Waals surface area contributed by atoms with Crippen LogP contribution < -0.4 is 0 Å². The monoisotopic (exact) mass is 317 g/mol. The first kappa shape index (κ1) is 16.7. The number of fused-ring (bicyclic) bond motifs is 1. The van der Waals surface area contributed by atoms with Crippen molar-refractivity contribution in [1.29, 1.82) is 0 Å². The molecule has 3 aromatic rings. The largest absolute Gasteiger partial charge is 0.252 e. The Kier molecular flexibility index (Phi) is 3.99. The van der Waals surface area contributed by atoms with Gasteiger partial charge in [0.15, 0.2) is 0 Å². The van der Waals surface area contributed by atoms with Crippen molar-refractivity contribution in [3.05, 3.63) is 62.8 Å². The van der Waals surface area contributed by atoms with Crippen molar-refractivity contribution in [3.63, 3.8) is 0 Å². The van der Waals surface area contributed by atoms with E-state index >= 15 is 0 Å². The lowest BCUT2D eigenvalue weighted by Crippen LogP contribution is -2.00. The summed E-state index contributed by atoms with van der Waals surface area (Å²) in [4.78, 5) is 4.99. The van der Waals surface area contributed by atoms with E-state index in [4.69, 9.17) is 4.98 Å². The first-order valence-electron chi connectivity index (χ1n) is 8.68. The fourth-order valence-corrected chi connectivity index (χ4v) is 3.64. The third kappa shape index (κ3) is 2.43. The molecule has 24 heavy (non-hydrogen) atoms. The van der Waals surface area contributed by atoms with E-state index in [1.165, 1.54) is 55.3 Å². The fraction of sp³-hybridized carbons (Fsp3) is 0.348. The molecule has 1 aromatic heterocycles. The molecule has 0 aliphatic carbocycles. The Labute approximate surface area is 145 Å². The number of aryl methyl sites for hydroxylation is 6. The maximum absolute atomic E-state index is 4.99. The van der Waals surface area contributed by atoms with Gasteiger partial charge in [-0.15, -0.1) is 0 Å².